The number of benzene rings is 2. The van der Waals surface area contributed by atoms with Crippen molar-refractivity contribution in [1.29, 1.82) is 0 Å². The third-order valence-electron chi connectivity index (χ3n) is 3.90. The lowest BCUT2D eigenvalue weighted by Gasteiger charge is -2.05. The Labute approximate surface area is 183 Å². The van der Waals surface area contributed by atoms with Crippen molar-refractivity contribution < 1.29 is 4.79 Å². The fraction of sp³-hybridized carbons (Fsp3) is 0.143. The first-order valence-electron chi connectivity index (χ1n) is 8.74. The topological polar surface area (TPSA) is 67.2 Å². The Morgan fingerprint density at radius 1 is 1.10 bits per heavy atom. The van der Waals surface area contributed by atoms with Crippen molar-refractivity contribution in [1.82, 2.24) is 15.4 Å². The molecule has 5 nitrogen and oxygen atoms in total. The molecule has 0 saturated heterocycles. The molecule has 0 atom stereocenters. The maximum atomic E-state index is 12.2. The molecule has 0 aliphatic rings. The molecule has 0 bridgehead atoms. The van der Waals surface area contributed by atoms with E-state index in [4.69, 9.17) is 23.2 Å². The molecule has 1 heterocycles. The van der Waals surface area contributed by atoms with Gasteiger partial charge in [0.05, 0.1) is 16.3 Å². The molecule has 0 radical (unpaired) electrons. The van der Waals surface area contributed by atoms with Gasteiger partial charge in [-0.05, 0) is 43.7 Å². The molecule has 29 heavy (non-hydrogen) atoms. The smallest absolute Gasteiger partial charge is 0.267 e. The van der Waals surface area contributed by atoms with Gasteiger partial charge in [-0.25, -0.2) is 15.4 Å². The van der Waals surface area contributed by atoms with Gasteiger partial charge in [0.2, 0.25) is 0 Å². The molecule has 1 amide bonds. The molecule has 1 N–H and O–H groups in total. The number of rotatable bonds is 6. The zero-order valence-electron chi connectivity index (χ0n) is 15.8. The van der Waals surface area contributed by atoms with Gasteiger partial charge in [-0.1, -0.05) is 59.2 Å². The summed E-state index contributed by atoms with van der Waals surface area (Å²) in [5.41, 5.74) is 6.60. The minimum Gasteiger partial charge on any atom is -0.267 e. The van der Waals surface area contributed by atoms with Crippen molar-refractivity contribution in [3.8, 4) is 0 Å². The number of carbonyl (C=O) groups excluding carboxylic acids is 1. The highest BCUT2D eigenvalue weighted by Gasteiger charge is 2.06. The Morgan fingerprint density at radius 2 is 1.79 bits per heavy atom. The van der Waals surface area contributed by atoms with Crippen molar-refractivity contribution in [2.75, 3.05) is 0 Å². The van der Waals surface area contributed by atoms with E-state index in [0.29, 0.717) is 21.2 Å². The van der Waals surface area contributed by atoms with Crippen LogP contribution in [0.3, 0.4) is 0 Å². The van der Waals surface area contributed by atoms with Crippen LogP contribution in [-0.4, -0.2) is 22.1 Å². The summed E-state index contributed by atoms with van der Waals surface area (Å²) in [7, 11) is 0. The SMILES string of the molecule is Cc1cc(C)nc(SCc2ccc(C(=O)N/N=C/c3cccc(Cl)c3Cl)cc2)n1. The van der Waals surface area contributed by atoms with Crippen molar-refractivity contribution in [3.05, 3.63) is 86.7 Å². The first-order chi connectivity index (χ1) is 13.9. The second-order valence-electron chi connectivity index (χ2n) is 6.26. The van der Waals surface area contributed by atoms with Gasteiger partial charge >= 0.3 is 0 Å². The standard InChI is InChI=1S/C21H18Cl2N4OS/c1-13-10-14(2)26-21(25-13)29-12-15-6-8-16(9-7-15)20(28)27-24-11-17-4-3-5-18(22)19(17)23/h3-11H,12H2,1-2H3,(H,27,28)/b24-11+. The summed E-state index contributed by atoms with van der Waals surface area (Å²) >= 11 is 13.6. The highest BCUT2D eigenvalue weighted by molar-refractivity contribution is 7.98. The predicted octanol–water partition coefficient (Wildman–Crippen LogP) is 5.46. The highest BCUT2D eigenvalue weighted by atomic mass is 35.5. The number of hydrogen-bond acceptors (Lipinski definition) is 5. The molecule has 0 spiro atoms. The maximum absolute atomic E-state index is 12.2. The second kappa shape index (κ2) is 9.87. The fourth-order valence-corrected chi connectivity index (χ4v) is 3.77. The highest BCUT2D eigenvalue weighted by Crippen LogP contribution is 2.24. The van der Waals surface area contributed by atoms with Crippen molar-refractivity contribution in [2.45, 2.75) is 24.8 Å². The van der Waals surface area contributed by atoms with Crippen LogP contribution in [-0.2, 0) is 5.75 Å². The van der Waals surface area contributed by atoms with E-state index in [1.54, 1.807) is 42.1 Å². The largest absolute Gasteiger partial charge is 0.271 e. The summed E-state index contributed by atoms with van der Waals surface area (Å²) < 4.78 is 0. The summed E-state index contributed by atoms with van der Waals surface area (Å²) in [6, 6.07) is 14.5. The fourth-order valence-electron chi connectivity index (χ4n) is 2.50. The van der Waals surface area contributed by atoms with E-state index in [1.165, 1.54) is 6.21 Å². The molecule has 0 fully saturated rings. The monoisotopic (exact) mass is 444 g/mol. The number of nitrogens with one attached hydrogen (secondary N) is 1. The molecule has 3 rings (SSSR count). The Morgan fingerprint density at radius 3 is 2.48 bits per heavy atom. The van der Waals surface area contributed by atoms with E-state index < -0.39 is 0 Å². The first kappa shape index (κ1) is 21.3. The third-order valence-corrected chi connectivity index (χ3v) is 5.65. The maximum Gasteiger partial charge on any atom is 0.271 e. The van der Waals surface area contributed by atoms with Crippen molar-refractivity contribution in [3.63, 3.8) is 0 Å². The normalized spacial score (nSPS) is 11.0. The molecular weight excluding hydrogens is 427 g/mol. The Kier molecular flexibility index (Phi) is 7.25. The van der Waals surface area contributed by atoms with Gasteiger partial charge in [0.25, 0.3) is 5.91 Å². The van der Waals surface area contributed by atoms with Crippen molar-refractivity contribution >= 4 is 47.1 Å². The van der Waals surface area contributed by atoms with Gasteiger partial charge in [-0.2, -0.15) is 5.10 Å². The average Bonchev–Trinajstić information content (AvgIpc) is 2.69. The lowest BCUT2D eigenvalue weighted by atomic mass is 10.1. The number of aryl methyl sites for hydroxylation is 2. The molecular formula is C21H18Cl2N4OS. The number of aromatic nitrogens is 2. The number of amides is 1. The molecule has 8 heteroatoms. The number of halogens is 2. The van der Waals surface area contributed by atoms with Crippen molar-refractivity contribution in [2.24, 2.45) is 5.10 Å². The van der Waals surface area contributed by atoms with Crippen LogP contribution in [0.15, 0.2) is 58.8 Å². The van der Waals surface area contributed by atoms with Gasteiger partial charge in [0.1, 0.15) is 0 Å². The number of hydrogen-bond donors (Lipinski definition) is 1. The minimum atomic E-state index is -0.309. The van der Waals surface area contributed by atoms with Crippen LogP contribution in [0.25, 0.3) is 0 Å². The summed E-state index contributed by atoms with van der Waals surface area (Å²) in [5, 5.41) is 5.52. The predicted molar refractivity (Wildman–Crippen MR) is 119 cm³/mol. The van der Waals surface area contributed by atoms with E-state index in [1.807, 2.05) is 32.0 Å². The van der Waals surface area contributed by atoms with E-state index in [2.05, 4.69) is 20.5 Å². The lowest BCUT2D eigenvalue weighted by Crippen LogP contribution is -2.17. The van der Waals surface area contributed by atoms with E-state index in [0.717, 1.165) is 27.9 Å². The number of nitrogens with zero attached hydrogens (tertiary/aromatic N) is 3. The van der Waals surface area contributed by atoms with E-state index in [-0.39, 0.29) is 5.91 Å². The van der Waals surface area contributed by atoms with Gasteiger partial charge in [-0.15, -0.1) is 0 Å². The van der Waals surface area contributed by atoms with Crippen LogP contribution < -0.4 is 5.43 Å². The van der Waals surface area contributed by atoms with Gasteiger partial charge in [0, 0.05) is 28.3 Å². The minimum absolute atomic E-state index is 0.309. The quantitative estimate of drug-likeness (QED) is 0.237. The number of carbonyl (C=O) groups is 1. The van der Waals surface area contributed by atoms with Gasteiger partial charge in [-0.3, -0.25) is 4.79 Å². The molecule has 0 aliphatic carbocycles. The molecule has 0 unspecified atom stereocenters. The summed E-state index contributed by atoms with van der Waals surface area (Å²) in [6.07, 6.45) is 1.46. The molecule has 1 aromatic heterocycles. The zero-order chi connectivity index (χ0) is 20.8. The summed E-state index contributed by atoms with van der Waals surface area (Å²) in [6.45, 7) is 3.91. The number of thioether (sulfide) groups is 1. The van der Waals surface area contributed by atoms with Crippen LogP contribution in [0.2, 0.25) is 10.0 Å². The Hall–Kier alpha value is -2.41. The molecule has 2 aromatic carbocycles. The van der Waals surface area contributed by atoms with Crippen LogP contribution >= 0.6 is 35.0 Å². The van der Waals surface area contributed by atoms with Gasteiger partial charge in [0.15, 0.2) is 5.16 Å². The van der Waals surface area contributed by atoms with E-state index in [9.17, 15) is 4.79 Å². The van der Waals surface area contributed by atoms with Crippen LogP contribution in [0.1, 0.15) is 32.9 Å². The van der Waals surface area contributed by atoms with Gasteiger partial charge < -0.3 is 0 Å². The lowest BCUT2D eigenvalue weighted by molar-refractivity contribution is 0.0955. The summed E-state index contributed by atoms with van der Waals surface area (Å²) in [4.78, 5) is 21.1. The van der Waals surface area contributed by atoms with Crippen LogP contribution in [0.5, 0.6) is 0 Å². The average molecular weight is 445 g/mol. The third kappa shape index (κ3) is 6.03. The van der Waals surface area contributed by atoms with Crippen LogP contribution in [0, 0.1) is 13.8 Å². The second-order valence-corrected chi connectivity index (χ2v) is 7.99. The number of hydrazone groups is 1. The Balaban J connectivity index is 1.57. The summed E-state index contributed by atoms with van der Waals surface area (Å²) in [5.74, 6) is 0.409. The molecule has 0 saturated carbocycles. The molecule has 3 aromatic rings. The zero-order valence-corrected chi connectivity index (χ0v) is 18.1. The Bertz CT molecular complexity index is 1030. The van der Waals surface area contributed by atoms with Crippen LogP contribution in [0.4, 0.5) is 0 Å². The molecule has 148 valence electrons. The molecule has 0 aliphatic heterocycles. The van der Waals surface area contributed by atoms with E-state index >= 15 is 0 Å². The first-order valence-corrected chi connectivity index (χ1v) is 10.5.